The molecule has 32 heavy (non-hydrogen) atoms. The average molecular weight is 431 g/mol. The van der Waals surface area contributed by atoms with Crippen LogP contribution in [0.2, 0.25) is 0 Å². The molecule has 0 radical (unpaired) electrons. The lowest BCUT2D eigenvalue weighted by Gasteiger charge is -2.23. The van der Waals surface area contributed by atoms with Crippen LogP contribution in [-0.4, -0.2) is 58.6 Å². The van der Waals surface area contributed by atoms with Crippen LogP contribution in [-0.2, 0) is 9.59 Å². The maximum absolute atomic E-state index is 13.1. The Morgan fingerprint density at radius 3 is 2.41 bits per heavy atom. The summed E-state index contributed by atoms with van der Waals surface area (Å²) < 4.78 is 1.65. The lowest BCUT2D eigenvalue weighted by atomic mass is 10.1. The summed E-state index contributed by atoms with van der Waals surface area (Å²) in [4.78, 5) is 39.3. The summed E-state index contributed by atoms with van der Waals surface area (Å²) in [7, 11) is 1.56. The third kappa shape index (κ3) is 4.39. The molecule has 1 aliphatic rings. The second-order valence-corrected chi connectivity index (χ2v) is 7.58. The van der Waals surface area contributed by atoms with E-state index in [1.54, 1.807) is 17.9 Å². The molecule has 3 aromatic rings. The Morgan fingerprint density at radius 2 is 1.72 bits per heavy atom. The van der Waals surface area contributed by atoms with Gasteiger partial charge in [0.2, 0.25) is 11.8 Å². The van der Waals surface area contributed by atoms with Crippen LogP contribution in [0.15, 0.2) is 66.9 Å². The van der Waals surface area contributed by atoms with Gasteiger partial charge in [-0.05, 0) is 25.0 Å². The minimum atomic E-state index is -0.481. The summed E-state index contributed by atoms with van der Waals surface area (Å²) in [5.74, 6) is -0.853. The molecule has 2 N–H and O–H groups in total. The summed E-state index contributed by atoms with van der Waals surface area (Å²) in [5, 5.41) is 9.94. The van der Waals surface area contributed by atoms with E-state index < -0.39 is 11.9 Å². The van der Waals surface area contributed by atoms with Crippen molar-refractivity contribution in [1.82, 2.24) is 25.3 Å². The molecule has 1 saturated heterocycles. The molecule has 1 aliphatic heterocycles. The maximum Gasteiger partial charge on any atom is 0.255 e. The Balaban J connectivity index is 1.54. The number of benzene rings is 2. The summed E-state index contributed by atoms with van der Waals surface area (Å²) in [6, 6.07) is 18.5. The smallest absolute Gasteiger partial charge is 0.255 e. The number of likely N-dealkylation sites (tertiary alicyclic amines) is 1. The first-order valence-corrected chi connectivity index (χ1v) is 10.6. The highest BCUT2D eigenvalue weighted by molar-refractivity contribution is 6.01. The Hall–Kier alpha value is -3.94. The third-order valence-electron chi connectivity index (χ3n) is 5.55. The molecule has 1 atom stereocenters. The maximum atomic E-state index is 13.1. The van der Waals surface area contributed by atoms with E-state index in [9.17, 15) is 14.4 Å². The van der Waals surface area contributed by atoms with E-state index in [2.05, 4.69) is 15.7 Å². The molecule has 2 heterocycles. The molecule has 2 aromatic carbocycles. The van der Waals surface area contributed by atoms with Crippen LogP contribution in [0.4, 0.5) is 0 Å². The monoisotopic (exact) mass is 431 g/mol. The zero-order valence-electron chi connectivity index (χ0n) is 17.8. The van der Waals surface area contributed by atoms with Crippen molar-refractivity contribution in [1.29, 1.82) is 0 Å². The molecule has 164 valence electrons. The zero-order chi connectivity index (χ0) is 22.5. The minimum absolute atomic E-state index is 0.183. The Bertz CT molecular complexity index is 1110. The van der Waals surface area contributed by atoms with Crippen LogP contribution in [0.1, 0.15) is 23.2 Å². The number of carbonyl (C=O) groups is 3. The van der Waals surface area contributed by atoms with Crippen molar-refractivity contribution in [3.8, 4) is 16.9 Å². The summed E-state index contributed by atoms with van der Waals surface area (Å²) in [6.07, 6.45) is 3.06. The van der Waals surface area contributed by atoms with E-state index in [4.69, 9.17) is 0 Å². The van der Waals surface area contributed by atoms with Gasteiger partial charge in [0.05, 0.1) is 17.8 Å². The van der Waals surface area contributed by atoms with Crippen LogP contribution in [0.25, 0.3) is 16.9 Å². The van der Waals surface area contributed by atoms with Crippen molar-refractivity contribution in [3.05, 3.63) is 72.4 Å². The standard InChI is InChI=1S/C24H25N5O3/c1-25-24(32)20-13-8-14-28(20)21(30)15-26-23(31)19-16-29(18-11-6-3-7-12-18)27-22(19)17-9-4-2-5-10-17/h2-7,9-12,16,20H,8,13-15H2,1H3,(H,25,32)(H,26,31). The summed E-state index contributed by atoms with van der Waals surface area (Å²) in [6.45, 7) is 0.324. The number of nitrogens with one attached hydrogen (secondary N) is 2. The van der Waals surface area contributed by atoms with Gasteiger partial charge in [0.15, 0.2) is 0 Å². The number of amides is 3. The first-order chi connectivity index (χ1) is 15.6. The molecule has 0 spiro atoms. The highest BCUT2D eigenvalue weighted by Gasteiger charge is 2.33. The molecule has 4 rings (SSSR count). The normalized spacial score (nSPS) is 15.4. The van der Waals surface area contributed by atoms with Gasteiger partial charge in [0.25, 0.3) is 5.91 Å². The van der Waals surface area contributed by atoms with Crippen LogP contribution < -0.4 is 10.6 Å². The molecule has 0 aliphatic carbocycles. The van der Waals surface area contributed by atoms with Gasteiger partial charge in [-0.3, -0.25) is 14.4 Å². The second-order valence-electron chi connectivity index (χ2n) is 7.58. The van der Waals surface area contributed by atoms with Crippen LogP contribution in [0.3, 0.4) is 0 Å². The van der Waals surface area contributed by atoms with Gasteiger partial charge in [-0.2, -0.15) is 5.10 Å². The van der Waals surface area contributed by atoms with Crippen molar-refractivity contribution in [2.75, 3.05) is 20.1 Å². The molecular weight excluding hydrogens is 406 g/mol. The number of rotatable bonds is 6. The van der Waals surface area contributed by atoms with Crippen molar-refractivity contribution >= 4 is 17.7 Å². The summed E-state index contributed by atoms with van der Waals surface area (Å²) in [5.41, 5.74) is 2.53. The average Bonchev–Trinajstić information content (AvgIpc) is 3.51. The Morgan fingerprint density at radius 1 is 1.03 bits per heavy atom. The SMILES string of the molecule is CNC(=O)C1CCCN1C(=O)CNC(=O)c1cn(-c2ccccc2)nc1-c1ccccc1. The molecule has 1 fully saturated rings. The quantitative estimate of drug-likeness (QED) is 0.624. The number of hydrogen-bond donors (Lipinski definition) is 2. The number of para-hydroxylation sites is 1. The number of aromatic nitrogens is 2. The highest BCUT2D eigenvalue weighted by atomic mass is 16.2. The van der Waals surface area contributed by atoms with Crippen molar-refractivity contribution < 1.29 is 14.4 Å². The zero-order valence-corrected chi connectivity index (χ0v) is 17.8. The third-order valence-corrected chi connectivity index (χ3v) is 5.55. The predicted octanol–water partition coefficient (Wildman–Crippen LogP) is 2.01. The largest absolute Gasteiger partial charge is 0.357 e. The van der Waals surface area contributed by atoms with E-state index in [0.717, 1.165) is 17.7 Å². The molecule has 1 unspecified atom stereocenters. The predicted molar refractivity (Wildman–Crippen MR) is 120 cm³/mol. The van der Waals surface area contributed by atoms with E-state index >= 15 is 0 Å². The number of nitrogens with zero attached hydrogens (tertiary/aromatic N) is 3. The summed E-state index contributed by atoms with van der Waals surface area (Å²) >= 11 is 0. The molecule has 8 nitrogen and oxygen atoms in total. The van der Waals surface area contributed by atoms with Crippen molar-refractivity contribution in [3.63, 3.8) is 0 Å². The first kappa shape index (κ1) is 21.3. The van der Waals surface area contributed by atoms with Gasteiger partial charge >= 0.3 is 0 Å². The number of hydrogen-bond acceptors (Lipinski definition) is 4. The van der Waals surface area contributed by atoms with Gasteiger partial charge in [0, 0.05) is 25.4 Å². The highest BCUT2D eigenvalue weighted by Crippen LogP contribution is 2.24. The van der Waals surface area contributed by atoms with E-state index in [1.807, 2.05) is 60.7 Å². The lowest BCUT2D eigenvalue weighted by molar-refractivity contribution is -0.137. The van der Waals surface area contributed by atoms with Crippen LogP contribution >= 0.6 is 0 Å². The van der Waals surface area contributed by atoms with Gasteiger partial charge in [-0.25, -0.2) is 4.68 Å². The first-order valence-electron chi connectivity index (χ1n) is 10.6. The Labute approximate surface area is 186 Å². The van der Waals surface area contributed by atoms with Gasteiger partial charge in [-0.1, -0.05) is 48.5 Å². The second kappa shape index (κ2) is 9.47. The van der Waals surface area contributed by atoms with Crippen LogP contribution in [0, 0.1) is 0 Å². The topological polar surface area (TPSA) is 96.3 Å². The van der Waals surface area contributed by atoms with Gasteiger partial charge in [0.1, 0.15) is 11.7 Å². The molecular formula is C24H25N5O3. The van der Waals surface area contributed by atoms with Crippen LogP contribution in [0.5, 0.6) is 0 Å². The molecule has 1 aromatic heterocycles. The fraction of sp³-hybridized carbons (Fsp3) is 0.250. The molecule has 0 bridgehead atoms. The van der Waals surface area contributed by atoms with Crippen molar-refractivity contribution in [2.24, 2.45) is 0 Å². The number of carbonyl (C=O) groups excluding carboxylic acids is 3. The Kier molecular flexibility index (Phi) is 6.30. The molecule has 8 heteroatoms. The number of likely N-dealkylation sites (N-methyl/N-ethyl adjacent to an activating group) is 1. The van der Waals surface area contributed by atoms with E-state index in [-0.39, 0.29) is 18.4 Å². The van der Waals surface area contributed by atoms with E-state index in [0.29, 0.717) is 24.2 Å². The fourth-order valence-electron chi connectivity index (χ4n) is 3.92. The van der Waals surface area contributed by atoms with E-state index in [1.165, 1.54) is 4.90 Å². The van der Waals surface area contributed by atoms with Gasteiger partial charge < -0.3 is 15.5 Å². The van der Waals surface area contributed by atoms with Crippen molar-refractivity contribution in [2.45, 2.75) is 18.9 Å². The molecule has 3 amide bonds. The fourth-order valence-corrected chi connectivity index (χ4v) is 3.92. The molecule has 0 saturated carbocycles. The lowest BCUT2D eigenvalue weighted by Crippen LogP contribution is -2.48. The van der Waals surface area contributed by atoms with Gasteiger partial charge in [-0.15, -0.1) is 0 Å². The minimum Gasteiger partial charge on any atom is -0.357 e.